The average molecular weight is 212 g/mol. The van der Waals surface area contributed by atoms with E-state index in [2.05, 4.69) is 24.2 Å². The lowest BCUT2D eigenvalue weighted by molar-refractivity contribution is 0.473. The summed E-state index contributed by atoms with van der Waals surface area (Å²) in [6.07, 6.45) is 3.21. The van der Waals surface area contributed by atoms with Crippen LogP contribution in [0.15, 0.2) is 5.38 Å². The number of hydrogen-bond donors (Lipinski definition) is 1. The summed E-state index contributed by atoms with van der Waals surface area (Å²) in [6.45, 7) is 6.47. The van der Waals surface area contributed by atoms with Gasteiger partial charge in [0.25, 0.3) is 0 Å². The SMILES string of the molecule is Cc1csc(CCC(N)CC(C)C)n1. The van der Waals surface area contributed by atoms with E-state index in [1.807, 2.05) is 6.92 Å². The highest BCUT2D eigenvalue weighted by molar-refractivity contribution is 7.09. The van der Waals surface area contributed by atoms with Crippen LogP contribution >= 0.6 is 11.3 Å². The maximum Gasteiger partial charge on any atom is 0.0928 e. The first-order valence-electron chi connectivity index (χ1n) is 5.24. The molecule has 0 aliphatic carbocycles. The molecule has 2 nitrogen and oxygen atoms in total. The molecule has 14 heavy (non-hydrogen) atoms. The molecule has 3 heteroatoms. The molecular formula is C11H20N2S. The Morgan fingerprint density at radius 2 is 2.21 bits per heavy atom. The number of thiazole rings is 1. The highest BCUT2D eigenvalue weighted by atomic mass is 32.1. The number of aromatic nitrogens is 1. The fourth-order valence-corrected chi connectivity index (χ4v) is 2.34. The van der Waals surface area contributed by atoms with E-state index in [1.165, 1.54) is 5.01 Å². The van der Waals surface area contributed by atoms with Gasteiger partial charge in [0.05, 0.1) is 5.01 Å². The third-order valence-corrected chi connectivity index (χ3v) is 3.20. The van der Waals surface area contributed by atoms with Gasteiger partial charge in [0.15, 0.2) is 0 Å². The predicted molar refractivity (Wildman–Crippen MR) is 62.6 cm³/mol. The molecule has 0 spiro atoms. The molecule has 1 heterocycles. The molecule has 1 aromatic rings. The molecule has 2 N–H and O–H groups in total. The van der Waals surface area contributed by atoms with Crippen LogP contribution in [0.1, 0.15) is 37.4 Å². The summed E-state index contributed by atoms with van der Waals surface area (Å²) in [4.78, 5) is 4.42. The van der Waals surface area contributed by atoms with E-state index in [9.17, 15) is 0 Å². The maximum absolute atomic E-state index is 6.01. The minimum atomic E-state index is 0.333. The summed E-state index contributed by atoms with van der Waals surface area (Å²) in [5, 5.41) is 3.32. The zero-order valence-electron chi connectivity index (χ0n) is 9.29. The average Bonchev–Trinajstić information content (AvgIpc) is 2.47. The number of nitrogens with two attached hydrogens (primary N) is 1. The van der Waals surface area contributed by atoms with Crippen molar-refractivity contribution in [3.05, 3.63) is 16.1 Å². The van der Waals surface area contributed by atoms with Gasteiger partial charge in [-0.1, -0.05) is 13.8 Å². The molecule has 0 fully saturated rings. The smallest absolute Gasteiger partial charge is 0.0928 e. The molecule has 1 atom stereocenters. The Morgan fingerprint density at radius 3 is 2.71 bits per heavy atom. The number of hydrogen-bond acceptors (Lipinski definition) is 3. The Balaban J connectivity index is 2.26. The second-order valence-corrected chi connectivity index (χ2v) is 5.25. The van der Waals surface area contributed by atoms with Crippen LogP contribution in [0, 0.1) is 12.8 Å². The largest absolute Gasteiger partial charge is 0.328 e. The Morgan fingerprint density at radius 1 is 1.50 bits per heavy atom. The van der Waals surface area contributed by atoms with Gasteiger partial charge < -0.3 is 5.73 Å². The van der Waals surface area contributed by atoms with Gasteiger partial charge in [0.1, 0.15) is 0 Å². The number of rotatable bonds is 5. The van der Waals surface area contributed by atoms with Gasteiger partial charge in [-0.2, -0.15) is 0 Å². The van der Waals surface area contributed by atoms with E-state index < -0.39 is 0 Å². The van der Waals surface area contributed by atoms with Crippen molar-refractivity contribution < 1.29 is 0 Å². The first kappa shape index (κ1) is 11.7. The highest BCUT2D eigenvalue weighted by Gasteiger charge is 2.07. The summed E-state index contributed by atoms with van der Waals surface area (Å²) in [7, 11) is 0. The summed E-state index contributed by atoms with van der Waals surface area (Å²) in [5.41, 5.74) is 7.13. The topological polar surface area (TPSA) is 38.9 Å². The van der Waals surface area contributed by atoms with Crippen molar-refractivity contribution in [3.8, 4) is 0 Å². The van der Waals surface area contributed by atoms with Crippen molar-refractivity contribution in [2.45, 2.75) is 46.1 Å². The van der Waals surface area contributed by atoms with Crippen molar-refractivity contribution in [1.29, 1.82) is 0 Å². The molecule has 1 unspecified atom stereocenters. The molecule has 80 valence electrons. The van der Waals surface area contributed by atoms with Gasteiger partial charge in [-0.25, -0.2) is 4.98 Å². The van der Waals surface area contributed by atoms with Gasteiger partial charge in [-0.15, -0.1) is 11.3 Å². The summed E-state index contributed by atoms with van der Waals surface area (Å²) < 4.78 is 0. The second kappa shape index (κ2) is 5.47. The Hall–Kier alpha value is -0.410. The summed E-state index contributed by atoms with van der Waals surface area (Å²) in [5.74, 6) is 0.697. The van der Waals surface area contributed by atoms with E-state index >= 15 is 0 Å². The zero-order chi connectivity index (χ0) is 10.6. The maximum atomic E-state index is 6.01. The molecule has 1 rings (SSSR count). The van der Waals surface area contributed by atoms with Crippen LogP contribution in [0.5, 0.6) is 0 Å². The Labute approximate surface area is 90.6 Å². The molecule has 0 aliphatic rings. The molecule has 1 aromatic heterocycles. The normalized spacial score (nSPS) is 13.5. The van der Waals surface area contributed by atoms with E-state index in [0.29, 0.717) is 12.0 Å². The fraction of sp³-hybridized carbons (Fsp3) is 0.727. The fourth-order valence-electron chi connectivity index (χ4n) is 1.55. The lowest BCUT2D eigenvalue weighted by atomic mass is 10.0. The summed E-state index contributed by atoms with van der Waals surface area (Å²) in [6, 6.07) is 0.333. The van der Waals surface area contributed by atoms with E-state index in [4.69, 9.17) is 5.73 Å². The van der Waals surface area contributed by atoms with Crippen LogP contribution < -0.4 is 5.73 Å². The zero-order valence-corrected chi connectivity index (χ0v) is 10.1. The van der Waals surface area contributed by atoms with Crippen molar-refractivity contribution >= 4 is 11.3 Å². The van der Waals surface area contributed by atoms with E-state index in [1.54, 1.807) is 11.3 Å². The number of aryl methyl sites for hydroxylation is 2. The quantitative estimate of drug-likeness (QED) is 0.815. The molecule has 0 radical (unpaired) electrons. The highest BCUT2D eigenvalue weighted by Crippen LogP contribution is 2.13. The molecule has 0 aromatic carbocycles. The minimum absolute atomic E-state index is 0.333. The van der Waals surface area contributed by atoms with Crippen LogP contribution in [0.2, 0.25) is 0 Å². The second-order valence-electron chi connectivity index (χ2n) is 4.31. The van der Waals surface area contributed by atoms with Crippen molar-refractivity contribution in [1.82, 2.24) is 4.98 Å². The first-order valence-corrected chi connectivity index (χ1v) is 6.12. The van der Waals surface area contributed by atoms with Gasteiger partial charge in [0.2, 0.25) is 0 Å². The number of nitrogens with zero attached hydrogens (tertiary/aromatic N) is 1. The summed E-state index contributed by atoms with van der Waals surface area (Å²) >= 11 is 1.74. The van der Waals surface area contributed by atoms with E-state index in [-0.39, 0.29) is 0 Å². The van der Waals surface area contributed by atoms with Crippen LogP contribution in [0.3, 0.4) is 0 Å². The molecule has 0 amide bonds. The van der Waals surface area contributed by atoms with Gasteiger partial charge in [0, 0.05) is 23.5 Å². The van der Waals surface area contributed by atoms with Crippen LogP contribution in [-0.4, -0.2) is 11.0 Å². The monoisotopic (exact) mass is 212 g/mol. The molecule has 0 saturated heterocycles. The predicted octanol–water partition coefficient (Wildman–Crippen LogP) is 2.76. The molecule has 0 saturated carbocycles. The van der Waals surface area contributed by atoms with Crippen molar-refractivity contribution in [2.75, 3.05) is 0 Å². The Bertz CT molecular complexity index is 268. The van der Waals surface area contributed by atoms with Crippen LogP contribution in [0.25, 0.3) is 0 Å². The Kier molecular flexibility index (Phi) is 4.55. The van der Waals surface area contributed by atoms with E-state index in [0.717, 1.165) is 25.0 Å². The third kappa shape index (κ3) is 4.20. The lowest BCUT2D eigenvalue weighted by Gasteiger charge is -2.12. The molecular weight excluding hydrogens is 192 g/mol. The van der Waals surface area contributed by atoms with Crippen molar-refractivity contribution in [2.24, 2.45) is 11.7 Å². The van der Waals surface area contributed by atoms with Crippen LogP contribution in [0.4, 0.5) is 0 Å². The molecule has 0 aliphatic heterocycles. The molecule has 0 bridgehead atoms. The van der Waals surface area contributed by atoms with Crippen LogP contribution in [-0.2, 0) is 6.42 Å². The van der Waals surface area contributed by atoms with Gasteiger partial charge in [-0.05, 0) is 25.7 Å². The van der Waals surface area contributed by atoms with Crippen molar-refractivity contribution in [3.63, 3.8) is 0 Å². The third-order valence-electron chi connectivity index (χ3n) is 2.17. The standard InChI is InChI=1S/C11H20N2S/c1-8(2)6-10(12)4-5-11-13-9(3)7-14-11/h7-8,10H,4-6,12H2,1-3H3. The first-order chi connectivity index (χ1) is 6.58. The lowest BCUT2D eigenvalue weighted by Crippen LogP contribution is -2.22. The van der Waals surface area contributed by atoms with Gasteiger partial charge >= 0.3 is 0 Å². The minimum Gasteiger partial charge on any atom is -0.328 e. The van der Waals surface area contributed by atoms with Gasteiger partial charge in [-0.3, -0.25) is 0 Å².